The average Bonchev–Trinajstić information content (AvgIpc) is 3.19. The lowest BCUT2D eigenvalue weighted by Gasteiger charge is -2.29. The summed E-state index contributed by atoms with van der Waals surface area (Å²) < 4.78 is 45.1. The maximum absolute atomic E-state index is 13.4. The van der Waals surface area contributed by atoms with Gasteiger partial charge in [-0.05, 0) is 37.1 Å². The van der Waals surface area contributed by atoms with Gasteiger partial charge >= 0.3 is 0 Å². The molecule has 0 spiro atoms. The van der Waals surface area contributed by atoms with Crippen LogP contribution in [0.25, 0.3) is 11.3 Å². The topological polar surface area (TPSA) is 81.9 Å². The molecular formula is C22H24N2O5S. The Kier molecular flexibility index (Phi) is 5.53. The molecule has 8 heteroatoms. The van der Waals surface area contributed by atoms with Crippen molar-refractivity contribution in [2.45, 2.75) is 31.3 Å². The summed E-state index contributed by atoms with van der Waals surface area (Å²) in [5.41, 5.74) is 2.15. The molecule has 1 aliphatic heterocycles. The van der Waals surface area contributed by atoms with Crippen molar-refractivity contribution in [3.63, 3.8) is 0 Å². The number of aromatic nitrogens is 1. The lowest BCUT2D eigenvalue weighted by atomic mass is 10.1. The first kappa shape index (κ1) is 20.4. The number of benzene rings is 2. The second kappa shape index (κ2) is 8.12. The van der Waals surface area contributed by atoms with Gasteiger partial charge in [0, 0.05) is 18.7 Å². The summed E-state index contributed by atoms with van der Waals surface area (Å²) in [5.74, 6) is 1.83. The maximum Gasteiger partial charge on any atom is 0.243 e. The summed E-state index contributed by atoms with van der Waals surface area (Å²) in [4.78, 5) is 0.260. The van der Waals surface area contributed by atoms with Crippen molar-refractivity contribution in [2.24, 2.45) is 0 Å². The third-order valence-corrected chi connectivity index (χ3v) is 6.98. The van der Waals surface area contributed by atoms with Gasteiger partial charge in [-0.2, -0.15) is 4.31 Å². The summed E-state index contributed by atoms with van der Waals surface area (Å²) in [6.45, 7) is 4.21. The molecule has 1 aliphatic rings. The molecule has 4 rings (SSSR count). The number of sulfonamides is 1. The largest absolute Gasteiger partial charge is 0.486 e. The van der Waals surface area contributed by atoms with E-state index in [1.807, 2.05) is 50.2 Å². The molecule has 0 saturated carbocycles. The Labute approximate surface area is 176 Å². The molecule has 158 valence electrons. The van der Waals surface area contributed by atoms with Gasteiger partial charge in [-0.25, -0.2) is 8.42 Å². The minimum Gasteiger partial charge on any atom is -0.486 e. The third-order valence-electron chi connectivity index (χ3n) is 5.08. The highest BCUT2D eigenvalue weighted by atomic mass is 32.2. The molecule has 0 unspecified atom stereocenters. The van der Waals surface area contributed by atoms with E-state index in [1.165, 1.54) is 4.31 Å². The molecule has 0 saturated heterocycles. The molecule has 1 atom stereocenters. The van der Waals surface area contributed by atoms with Crippen LogP contribution in [0.3, 0.4) is 0 Å². The lowest BCUT2D eigenvalue weighted by Crippen LogP contribution is -2.41. The fraction of sp³-hybridized carbons (Fsp3) is 0.318. The van der Waals surface area contributed by atoms with E-state index >= 15 is 0 Å². The molecular weight excluding hydrogens is 404 g/mol. The zero-order valence-corrected chi connectivity index (χ0v) is 18.0. The van der Waals surface area contributed by atoms with Crippen molar-refractivity contribution in [1.82, 2.24) is 9.46 Å². The molecule has 0 fully saturated rings. The number of rotatable bonds is 6. The van der Waals surface area contributed by atoms with Gasteiger partial charge in [-0.15, -0.1) is 0 Å². The van der Waals surface area contributed by atoms with Gasteiger partial charge in [-0.1, -0.05) is 36.3 Å². The minimum atomic E-state index is -3.75. The van der Waals surface area contributed by atoms with E-state index in [0.29, 0.717) is 29.2 Å². The Morgan fingerprint density at radius 3 is 2.60 bits per heavy atom. The van der Waals surface area contributed by atoms with Gasteiger partial charge in [0.25, 0.3) is 0 Å². The van der Waals surface area contributed by atoms with Gasteiger partial charge < -0.3 is 14.0 Å². The minimum absolute atomic E-state index is 0.172. The Hall–Kier alpha value is -2.84. The van der Waals surface area contributed by atoms with Crippen molar-refractivity contribution in [3.05, 3.63) is 59.8 Å². The van der Waals surface area contributed by atoms with E-state index in [4.69, 9.17) is 14.0 Å². The first-order valence-corrected chi connectivity index (χ1v) is 11.2. The highest BCUT2D eigenvalue weighted by molar-refractivity contribution is 7.89. The Morgan fingerprint density at radius 1 is 1.13 bits per heavy atom. The molecule has 0 bridgehead atoms. The van der Waals surface area contributed by atoms with E-state index < -0.39 is 16.1 Å². The van der Waals surface area contributed by atoms with E-state index in [1.54, 1.807) is 19.2 Å². The number of para-hydroxylation sites is 2. The quantitative estimate of drug-likeness (QED) is 0.596. The van der Waals surface area contributed by atoms with E-state index in [2.05, 4.69) is 5.16 Å². The van der Waals surface area contributed by atoms with Crippen molar-refractivity contribution in [2.75, 3.05) is 20.2 Å². The molecule has 1 aromatic heterocycles. The van der Waals surface area contributed by atoms with Crippen LogP contribution in [0, 0.1) is 6.92 Å². The second-order valence-electron chi connectivity index (χ2n) is 7.29. The van der Waals surface area contributed by atoms with Gasteiger partial charge in [0.1, 0.15) is 12.7 Å². The molecule has 2 heterocycles. The zero-order valence-electron chi connectivity index (χ0n) is 17.2. The van der Waals surface area contributed by atoms with Gasteiger partial charge in [0.2, 0.25) is 10.0 Å². The molecule has 0 N–H and O–H groups in total. The molecule has 0 aliphatic carbocycles. The van der Waals surface area contributed by atoms with Crippen LogP contribution in [0.1, 0.15) is 18.2 Å². The highest BCUT2D eigenvalue weighted by Gasteiger charge is 2.29. The van der Waals surface area contributed by atoms with Crippen LogP contribution < -0.4 is 9.47 Å². The summed E-state index contributed by atoms with van der Waals surface area (Å²) >= 11 is 0. The summed E-state index contributed by atoms with van der Waals surface area (Å²) in [6.07, 6.45) is 0.194. The lowest BCUT2D eigenvalue weighted by molar-refractivity contribution is 0.0798. The first-order valence-electron chi connectivity index (χ1n) is 9.80. The van der Waals surface area contributed by atoms with Crippen LogP contribution >= 0.6 is 0 Å². The third kappa shape index (κ3) is 3.93. The molecule has 2 aromatic carbocycles. The van der Waals surface area contributed by atoms with Crippen molar-refractivity contribution < 1.29 is 22.4 Å². The molecule has 0 amide bonds. The van der Waals surface area contributed by atoms with Gasteiger partial charge in [-0.3, -0.25) is 0 Å². The smallest absolute Gasteiger partial charge is 0.243 e. The molecule has 30 heavy (non-hydrogen) atoms. The van der Waals surface area contributed by atoms with Crippen LogP contribution in [-0.4, -0.2) is 44.2 Å². The fourth-order valence-corrected chi connectivity index (χ4v) is 4.96. The molecule has 7 nitrogen and oxygen atoms in total. The Morgan fingerprint density at radius 2 is 1.90 bits per heavy atom. The molecule has 3 aromatic rings. The van der Waals surface area contributed by atoms with E-state index in [-0.39, 0.29) is 18.0 Å². The number of nitrogens with zero attached hydrogens (tertiary/aromatic N) is 2. The number of ether oxygens (including phenoxy) is 2. The van der Waals surface area contributed by atoms with Crippen LogP contribution in [0.2, 0.25) is 0 Å². The number of aryl methyl sites for hydroxylation is 2. The fourth-order valence-electron chi connectivity index (χ4n) is 3.45. The van der Waals surface area contributed by atoms with Crippen LogP contribution in [0.4, 0.5) is 0 Å². The number of hydrogen-bond acceptors (Lipinski definition) is 6. The predicted octanol–water partition coefficient (Wildman–Crippen LogP) is 3.67. The van der Waals surface area contributed by atoms with Crippen molar-refractivity contribution >= 4 is 10.0 Å². The second-order valence-corrected chi connectivity index (χ2v) is 9.31. The number of fused-ring (bicyclic) bond motifs is 1. The molecule has 0 radical (unpaired) electrons. The van der Waals surface area contributed by atoms with E-state index in [9.17, 15) is 8.42 Å². The normalized spacial score (nSPS) is 16.1. The summed E-state index contributed by atoms with van der Waals surface area (Å²) in [6, 6.07) is 14.5. The summed E-state index contributed by atoms with van der Waals surface area (Å²) in [5, 5.41) is 3.89. The average molecular weight is 429 g/mol. The van der Waals surface area contributed by atoms with Gasteiger partial charge in [0.15, 0.2) is 17.3 Å². The van der Waals surface area contributed by atoms with Crippen LogP contribution in [0.15, 0.2) is 57.9 Å². The van der Waals surface area contributed by atoms with Crippen molar-refractivity contribution in [3.8, 4) is 22.8 Å². The SMILES string of the molecule is CCc1ccc(-c2cc(C)no2)cc1S(=O)(=O)N(C)C[C@@H]1COc2ccccc2O1. The zero-order chi connectivity index (χ0) is 21.3. The predicted molar refractivity (Wildman–Crippen MR) is 112 cm³/mol. The highest BCUT2D eigenvalue weighted by Crippen LogP contribution is 2.32. The van der Waals surface area contributed by atoms with Crippen LogP contribution in [0.5, 0.6) is 11.5 Å². The van der Waals surface area contributed by atoms with E-state index in [0.717, 1.165) is 11.3 Å². The monoisotopic (exact) mass is 428 g/mol. The number of hydrogen-bond donors (Lipinski definition) is 0. The standard InChI is InChI=1S/C22H24N2O5S/c1-4-16-9-10-17(21-11-15(2)23-29-21)12-22(16)30(25,26)24(3)13-18-14-27-19-7-5-6-8-20(19)28-18/h5-12,18H,4,13-14H2,1-3H3/t18-/m1/s1. The maximum atomic E-state index is 13.4. The first-order chi connectivity index (χ1) is 14.4. The van der Waals surface area contributed by atoms with Crippen LogP contribution in [-0.2, 0) is 16.4 Å². The number of likely N-dealkylation sites (N-methyl/N-ethyl adjacent to an activating group) is 1. The van der Waals surface area contributed by atoms with Crippen molar-refractivity contribution in [1.29, 1.82) is 0 Å². The summed E-state index contributed by atoms with van der Waals surface area (Å²) in [7, 11) is -2.19. The Bertz CT molecular complexity index is 1160. The Balaban J connectivity index is 1.59. The van der Waals surface area contributed by atoms with Gasteiger partial charge in [0.05, 0.1) is 17.1 Å².